The number of primary amides is 1. The number of carbonyl (C=O) groups excluding carboxylic acids is 2. The highest BCUT2D eigenvalue weighted by molar-refractivity contribution is 7.99. The number of aromatic nitrogens is 1. The van der Waals surface area contributed by atoms with Crippen LogP contribution in [0.2, 0.25) is 0 Å². The van der Waals surface area contributed by atoms with Crippen molar-refractivity contribution in [2.24, 2.45) is 11.7 Å². The monoisotopic (exact) mass is 495 g/mol. The number of nitrogens with zero attached hydrogens (tertiary/aromatic N) is 3. The highest BCUT2D eigenvalue weighted by Crippen LogP contribution is 2.34. The van der Waals surface area contributed by atoms with Crippen molar-refractivity contribution in [3.8, 4) is 0 Å². The van der Waals surface area contributed by atoms with Gasteiger partial charge in [0.2, 0.25) is 5.91 Å². The van der Waals surface area contributed by atoms with E-state index in [2.05, 4.69) is 10.3 Å². The van der Waals surface area contributed by atoms with Gasteiger partial charge in [-0.3, -0.25) is 19.7 Å². The minimum absolute atomic E-state index is 0.0388. The Labute approximate surface area is 204 Å². The van der Waals surface area contributed by atoms with Crippen LogP contribution in [0.25, 0.3) is 0 Å². The van der Waals surface area contributed by atoms with Gasteiger partial charge in [0, 0.05) is 35.0 Å². The first kappa shape index (κ1) is 24.1. The summed E-state index contributed by atoms with van der Waals surface area (Å²) in [4.78, 5) is 42.3. The number of halogens is 1. The zero-order chi connectivity index (χ0) is 24.9. The molecule has 180 valence electrons. The Bertz CT molecular complexity index is 1270. The van der Waals surface area contributed by atoms with Crippen LogP contribution < -0.4 is 16.0 Å². The zero-order valence-corrected chi connectivity index (χ0v) is 19.3. The van der Waals surface area contributed by atoms with Crippen LogP contribution in [0.1, 0.15) is 23.2 Å². The second-order valence-corrected chi connectivity index (χ2v) is 9.10. The first-order valence-corrected chi connectivity index (χ1v) is 11.7. The van der Waals surface area contributed by atoms with Crippen LogP contribution in [0.5, 0.6) is 0 Å². The molecule has 1 aromatic heterocycles. The number of benzene rings is 2. The third kappa shape index (κ3) is 5.75. The number of nitro benzene ring substituents is 1. The molecule has 0 radical (unpaired) electrons. The van der Waals surface area contributed by atoms with Crippen LogP contribution in [0.4, 0.5) is 21.6 Å². The number of non-ortho nitro benzene ring substituents is 1. The van der Waals surface area contributed by atoms with Gasteiger partial charge in [-0.05, 0) is 43.2 Å². The summed E-state index contributed by atoms with van der Waals surface area (Å²) in [6, 6.07) is 13.3. The van der Waals surface area contributed by atoms with Gasteiger partial charge in [0.05, 0.1) is 28.3 Å². The predicted octanol–water partition coefficient (Wildman–Crippen LogP) is 4.23. The van der Waals surface area contributed by atoms with E-state index in [4.69, 9.17) is 5.73 Å². The van der Waals surface area contributed by atoms with Crippen molar-refractivity contribution in [3.63, 3.8) is 0 Å². The molecule has 9 nitrogen and oxygen atoms in total. The summed E-state index contributed by atoms with van der Waals surface area (Å²) in [5.41, 5.74) is 5.61. The molecule has 0 spiro atoms. The molecule has 2 heterocycles. The molecule has 0 aliphatic carbocycles. The van der Waals surface area contributed by atoms with E-state index in [0.717, 1.165) is 37.2 Å². The summed E-state index contributed by atoms with van der Waals surface area (Å²) in [5, 5.41) is 14.0. The molecule has 0 bridgehead atoms. The number of carbonyl (C=O) groups is 2. The fourth-order valence-electron chi connectivity index (χ4n) is 3.81. The van der Waals surface area contributed by atoms with Crippen LogP contribution in [-0.2, 0) is 4.79 Å². The van der Waals surface area contributed by atoms with Gasteiger partial charge < -0.3 is 16.0 Å². The predicted molar refractivity (Wildman–Crippen MR) is 130 cm³/mol. The van der Waals surface area contributed by atoms with Gasteiger partial charge in [0.1, 0.15) is 11.6 Å². The first-order valence-electron chi connectivity index (χ1n) is 10.8. The highest BCUT2D eigenvalue weighted by Gasteiger charge is 2.25. The standard InChI is InChI=1S/C24H22FN5O4S/c25-19-5-1-2-6-21(19)35-20-9-8-17(30(33)34)12-18(20)24(32)28-16-7-10-22(27-13-16)29-11-3-4-15(14-29)23(26)31/h1-2,5-10,12-13,15H,3-4,11,14H2,(H2,26,31)(H,28,32). The Hall–Kier alpha value is -3.99. The Morgan fingerprint density at radius 2 is 1.97 bits per heavy atom. The average molecular weight is 496 g/mol. The topological polar surface area (TPSA) is 131 Å². The van der Waals surface area contributed by atoms with E-state index in [0.29, 0.717) is 22.9 Å². The number of nitrogens with one attached hydrogen (secondary N) is 1. The molecule has 1 aliphatic heterocycles. The van der Waals surface area contributed by atoms with Crippen molar-refractivity contribution >= 4 is 40.8 Å². The van der Waals surface area contributed by atoms with Gasteiger partial charge >= 0.3 is 0 Å². The quantitative estimate of drug-likeness (QED) is 0.370. The van der Waals surface area contributed by atoms with Crippen LogP contribution in [0.15, 0.2) is 70.6 Å². The number of hydrogen-bond acceptors (Lipinski definition) is 7. The maximum Gasteiger partial charge on any atom is 0.270 e. The fraction of sp³-hybridized carbons (Fsp3) is 0.208. The SMILES string of the molecule is NC(=O)C1CCCN(c2ccc(NC(=O)c3cc([N+](=O)[O-])ccc3Sc3ccccc3F)cn2)C1. The van der Waals surface area contributed by atoms with Gasteiger partial charge in [-0.2, -0.15) is 0 Å². The molecule has 1 unspecified atom stereocenters. The summed E-state index contributed by atoms with van der Waals surface area (Å²) in [5.74, 6) is -0.962. The number of hydrogen-bond donors (Lipinski definition) is 2. The number of nitro groups is 1. The molecule has 11 heteroatoms. The minimum atomic E-state index is -0.595. The third-order valence-corrected chi connectivity index (χ3v) is 6.76. The van der Waals surface area contributed by atoms with Crippen molar-refractivity contribution in [1.29, 1.82) is 0 Å². The second kappa shape index (κ2) is 10.5. The van der Waals surface area contributed by atoms with Crippen molar-refractivity contribution in [2.45, 2.75) is 22.6 Å². The summed E-state index contributed by atoms with van der Waals surface area (Å²) >= 11 is 1.01. The van der Waals surface area contributed by atoms with Crippen LogP contribution >= 0.6 is 11.8 Å². The molecule has 1 aliphatic rings. The number of piperidine rings is 1. The Morgan fingerprint density at radius 3 is 2.66 bits per heavy atom. The highest BCUT2D eigenvalue weighted by atomic mass is 32.2. The second-order valence-electron chi connectivity index (χ2n) is 8.02. The van der Waals surface area contributed by atoms with Crippen molar-refractivity contribution in [1.82, 2.24) is 4.98 Å². The summed E-state index contributed by atoms with van der Waals surface area (Å²) in [6.07, 6.45) is 3.04. The zero-order valence-electron chi connectivity index (χ0n) is 18.5. The Balaban J connectivity index is 1.54. The van der Waals surface area contributed by atoms with Gasteiger partial charge in [-0.25, -0.2) is 9.37 Å². The Morgan fingerprint density at radius 1 is 1.17 bits per heavy atom. The molecule has 2 aromatic carbocycles. The molecule has 3 aromatic rings. The van der Waals surface area contributed by atoms with Gasteiger partial charge in [0.15, 0.2) is 0 Å². The number of nitrogens with two attached hydrogens (primary N) is 1. The van der Waals surface area contributed by atoms with E-state index < -0.39 is 16.6 Å². The molecule has 1 fully saturated rings. The smallest absolute Gasteiger partial charge is 0.270 e. The van der Waals surface area contributed by atoms with E-state index in [9.17, 15) is 24.1 Å². The maximum atomic E-state index is 14.2. The van der Waals surface area contributed by atoms with Gasteiger partial charge in [-0.1, -0.05) is 23.9 Å². The summed E-state index contributed by atoms with van der Waals surface area (Å²) in [6.45, 7) is 1.23. The lowest BCUT2D eigenvalue weighted by molar-refractivity contribution is -0.384. The molecular weight excluding hydrogens is 473 g/mol. The van der Waals surface area contributed by atoms with Crippen molar-refractivity contribution < 1.29 is 18.9 Å². The van der Waals surface area contributed by atoms with Crippen molar-refractivity contribution in [2.75, 3.05) is 23.3 Å². The molecule has 1 atom stereocenters. The lowest BCUT2D eigenvalue weighted by Gasteiger charge is -2.32. The van der Waals surface area contributed by atoms with E-state index in [-0.39, 0.29) is 28.0 Å². The Kier molecular flexibility index (Phi) is 7.25. The molecule has 2 amide bonds. The molecule has 3 N–H and O–H groups in total. The largest absolute Gasteiger partial charge is 0.369 e. The van der Waals surface area contributed by atoms with Crippen LogP contribution in [-0.4, -0.2) is 34.8 Å². The number of pyridine rings is 1. The molecule has 1 saturated heterocycles. The number of anilines is 2. The average Bonchev–Trinajstić information content (AvgIpc) is 2.86. The van der Waals surface area contributed by atoms with E-state index in [1.165, 1.54) is 24.4 Å². The first-order chi connectivity index (χ1) is 16.8. The van der Waals surface area contributed by atoms with Crippen molar-refractivity contribution in [3.05, 3.63) is 82.3 Å². The summed E-state index contributed by atoms with van der Waals surface area (Å²) in [7, 11) is 0. The molecule has 35 heavy (non-hydrogen) atoms. The molecule has 4 rings (SSSR count). The van der Waals surface area contributed by atoms with E-state index in [1.807, 2.05) is 4.90 Å². The van der Waals surface area contributed by atoms with Crippen LogP contribution in [0.3, 0.4) is 0 Å². The lowest BCUT2D eigenvalue weighted by Crippen LogP contribution is -2.41. The fourth-order valence-corrected chi connectivity index (χ4v) is 4.75. The molecular formula is C24H22FN5O4S. The normalized spacial score (nSPS) is 15.5. The maximum absolute atomic E-state index is 14.2. The van der Waals surface area contributed by atoms with E-state index >= 15 is 0 Å². The number of amides is 2. The van der Waals surface area contributed by atoms with E-state index in [1.54, 1.807) is 30.3 Å². The summed E-state index contributed by atoms with van der Waals surface area (Å²) < 4.78 is 14.2. The lowest BCUT2D eigenvalue weighted by atomic mass is 9.97. The van der Waals surface area contributed by atoms with Gasteiger partial charge in [0.25, 0.3) is 11.6 Å². The van der Waals surface area contributed by atoms with Gasteiger partial charge in [-0.15, -0.1) is 0 Å². The molecule has 0 saturated carbocycles. The minimum Gasteiger partial charge on any atom is -0.369 e. The van der Waals surface area contributed by atoms with Crippen LogP contribution in [0, 0.1) is 21.8 Å². The number of rotatable bonds is 7. The third-order valence-electron chi connectivity index (χ3n) is 5.63.